The van der Waals surface area contributed by atoms with E-state index in [1.54, 1.807) is 6.07 Å². The molecule has 0 saturated carbocycles. The Morgan fingerprint density at radius 3 is 2.63 bits per heavy atom. The van der Waals surface area contributed by atoms with E-state index in [0.29, 0.717) is 12.3 Å². The lowest BCUT2D eigenvalue weighted by atomic mass is 9.93. The van der Waals surface area contributed by atoms with Crippen molar-refractivity contribution in [3.8, 4) is 0 Å². The standard InChI is InChI=1S/C14H20FN3O/c15-12-7-11(1-2-13(12)16)9-18-5-3-10(4-6-18)8-14(17)19/h1-2,7,10H,3-6,8-9,16H2,(H2,17,19). The molecule has 1 fully saturated rings. The average Bonchev–Trinajstić information content (AvgIpc) is 2.36. The van der Waals surface area contributed by atoms with E-state index in [1.165, 1.54) is 6.07 Å². The second-order valence-corrected chi connectivity index (χ2v) is 5.25. The molecular formula is C14H20FN3O. The molecule has 1 heterocycles. The minimum absolute atomic E-state index is 0.184. The van der Waals surface area contributed by atoms with Crippen molar-refractivity contribution in [2.24, 2.45) is 11.7 Å². The number of carbonyl (C=O) groups excluding carboxylic acids is 1. The third-order valence-electron chi connectivity index (χ3n) is 3.67. The maximum atomic E-state index is 13.3. The molecule has 1 aliphatic heterocycles. The first-order chi connectivity index (χ1) is 9.04. The molecule has 0 unspecified atom stereocenters. The number of nitrogens with two attached hydrogens (primary N) is 2. The molecule has 0 atom stereocenters. The number of anilines is 1. The lowest BCUT2D eigenvalue weighted by molar-refractivity contribution is -0.119. The Morgan fingerprint density at radius 1 is 1.37 bits per heavy atom. The molecule has 1 aliphatic rings. The summed E-state index contributed by atoms with van der Waals surface area (Å²) < 4.78 is 13.3. The van der Waals surface area contributed by atoms with E-state index in [-0.39, 0.29) is 17.4 Å². The molecule has 0 radical (unpaired) electrons. The van der Waals surface area contributed by atoms with Crippen LogP contribution in [0.3, 0.4) is 0 Å². The van der Waals surface area contributed by atoms with Gasteiger partial charge in [-0.2, -0.15) is 0 Å². The molecule has 4 N–H and O–H groups in total. The van der Waals surface area contributed by atoms with E-state index in [0.717, 1.165) is 38.0 Å². The van der Waals surface area contributed by atoms with Crippen molar-refractivity contribution in [1.29, 1.82) is 0 Å². The molecule has 4 nitrogen and oxygen atoms in total. The van der Waals surface area contributed by atoms with Crippen molar-refractivity contribution in [2.45, 2.75) is 25.8 Å². The van der Waals surface area contributed by atoms with Crippen molar-refractivity contribution in [2.75, 3.05) is 18.8 Å². The maximum absolute atomic E-state index is 13.3. The fourth-order valence-corrected chi connectivity index (χ4v) is 2.56. The van der Waals surface area contributed by atoms with Gasteiger partial charge in [0.25, 0.3) is 0 Å². The van der Waals surface area contributed by atoms with E-state index < -0.39 is 0 Å². The molecule has 1 amide bonds. The SMILES string of the molecule is NC(=O)CC1CCN(Cc2ccc(N)c(F)c2)CC1. The number of amides is 1. The van der Waals surface area contributed by atoms with Crippen LogP contribution in [0.25, 0.3) is 0 Å². The fourth-order valence-electron chi connectivity index (χ4n) is 2.56. The minimum atomic E-state index is -0.360. The van der Waals surface area contributed by atoms with Crippen molar-refractivity contribution in [1.82, 2.24) is 4.90 Å². The maximum Gasteiger partial charge on any atom is 0.217 e. The number of nitrogens with zero attached hydrogens (tertiary/aromatic N) is 1. The van der Waals surface area contributed by atoms with Gasteiger partial charge in [-0.1, -0.05) is 6.07 Å². The Bertz CT molecular complexity index is 456. The Hall–Kier alpha value is -1.62. The molecule has 19 heavy (non-hydrogen) atoms. The van der Waals surface area contributed by atoms with Crippen molar-refractivity contribution >= 4 is 11.6 Å². The summed E-state index contributed by atoms with van der Waals surface area (Å²) >= 11 is 0. The first-order valence-electron chi connectivity index (χ1n) is 6.59. The van der Waals surface area contributed by atoms with Crippen molar-refractivity contribution in [3.63, 3.8) is 0 Å². The first kappa shape index (κ1) is 13.8. The number of rotatable bonds is 4. The summed E-state index contributed by atoms with van der Waals surface area (Å²) in [6, 6.07) is 4.95. The fraction of sp³-hybridized carbons (Fsp3) is 0.500. The summed E-state index contributed by atoms with van der Waals surface area (Å²) in [7, 11) is 0. The van der Waals surface area contributed by atoms with E-state index in [9.17, 15) is 9.18 Å². The van der Waals surface area contributed by atoms with Crippen molar-refractivity contribution < 1.29 is 9.18 Å². The predicted octanol–water partition coefficient (Wildman–Crippen LogP) is 1.50. The van der Waals surface area contributed by atoms with Crippen LogP contribution >= 0.6 is 0 Å². The van der Waals surface area contributed by atoms with Gasteiger partial charge in [-0.05, 0) is 49.5 Å². The third kappa shape index (κ3) is 3.92. The van der Waals surface area contributed by atoms with Crippen LogP contribution in [0.5, 0.6) is 0 Å². The van der Waals surface area contributed by atoms with Gasteiger partial charge in [0.05, 0.1) is 5.69 Å². The van der Waals surface area contributed by atoms with Gasteiger partial charge in [0.2, 0.25) is 5.91 Å². The van der Waals surface area contributed by atoms with Gasteiger partial charge in [0, 0.05) is 13.0 Å². The van der Waals surface area contributed by atoms with E-state index >= 15 is 0 Å². The van der Waals surface area contributed by atoms with E-state index in [1.807, 2.05) is 6.07 Å². The van der Waals surface area contributed by atoms with Gasteiger partial charge in [-0.3, -0.25) is 9.69 Å². The Kier molecular flexibility index (Phi) is 4.37. The van der Waals surface area contributed by atoms with Gasteiger partial charge >= 0.3 is 0 Å². The van der Waals surface area contributed by atoms with Crippen LogP contribution in [0, 0.1) is 11.7 Å². The number of likely N-dealkylation sites (tertiary alicyclic amines) is 1. The average molecular weight is 265 g/mol. The third-order valence-corrected chi connectivity index (χ3v) is 3.67. The quantitative estimate of drug-likeness (QED) is 0.810. The molecule has 2 rings (SSSR count). The zero-order valence-corrected chi connectivity index (χ0v) is 10.9. The zero-order valence-electron chi connectivity index (χ0n) is 10.9. The molecule has 5 heteroatoms. The van der Waals surface area contributed by atoms with Crippen molar-refractivity contribution in [3.05, 3.63) is 29.6 Å². The number of nitrogen functional groups attached to an aromatic ring is 1. The Morgan fingerprint density at radius 2 is 2.05 bits per heavy atom. The van der Waals surface area contributed by atoms with Gasteiger partial charge in [-0.25, -0.2) is 4.39 Å². The predicted molar refractivity (Wildman–Crippen MR) is 72.6 cm³/mol. The summed E-state index contributed by atoms with van der Waals surface area (Å²) in [5.41, 5.74) is 11.8. The summed E-state index contributed by atoms with van der Waals surface area (Å²) in [5.74, 6) is -0.183. The summed E-state index contributed by atoms with van der Waals surface area (Å²) in [6.07, 6.45) is 2.42. The van der Waals surface area contributed by atoms with Crippen LogP contribution in [-0.4, -0.2) is 23.9 Å². The normalized spacial score (nSPS) is 17.5. The highest BCUT2D eigenvalue weighted by Crippen LogP contribution is 2.22. The molecule has 0 aliphatic carbocycles. The highest BCUT2D eigenvalue weighted by molar-refractivity contribution is 5.73. The van der Waals surface area contributed by atoms with Gasteiger partial charge in [0.1, 0.15) is 5.82 Å². The summed E-state index contributed by atoms with van der Waals surface area (Å²) in [6.45, 7) is 2.56. The lowest BCUT2D eigenvalue weighted by Crippen LogP contribution is -2.34. The van der Waals surface area contributed by atoms with Gasteiger partial charge in [0.15, 0.2) is 0 Å². The second kappa shape index (κ2) is 6.02. The van der Waals surface area contributed by atoms with E-state index in [4.69, 9.17) is 11.5 Å². The smallest absolute Gasteiger partial charge is 0.217 e. The van der Waals surface area contributed by atoms with Gasteiger partial charge < -0.3 is 11.5 Å². The molecule has 0 aromatic heterocycles. The highest BCUT2D eigenvalue weighted by atomic mass is 19.1. The monoisotopic (exact) mass is 265 g/mol. The molecule has 1 saturated heterocycles. The Balaban J connectivity index is 1.85. The molecular weight excluding hydrogens is 245 g/mol. The number of primary amides is 1. The highest BCUT2D eigenvalue weighted by Gasteiger charge is 2.20. The first-order valence-corrected chi connectivity index (χ1v) is 6.59. The number of halogens is 1. The van der Waals surface area contributed by atoms with Crippen LogP contribution in [0.1, 0.15) is 24.8 Å². The molecule has 0 spiro atoms. The number of hydrogen-bond donors (Lipinski definition) is 2. The topological polar surface area (TPSA) is 72.4 Å². The van der Waals surface area contributed by atoms with Crippen LogP contribution in [0.2, 0.25) is 0 Å². The zero-order chi connectivity index (χ0) is 13.8. The van der Waals surface area contributed by atoms with Crippen LogP contribution in [0.4, 0.5) is 10.1 Å². The molecule has 1 aromatic carbocycles. The van der Waals surface area contributed by atoms with Crippen LogP contribution < -0.4 is 11.5 Å². The van der Waals surface area contributed by atoms with Crippen LogP contribution in [0.15, 0.2) is 18.2 Å². The molecule has 1 aromatic rings. The van der Waals surface area contributed by atoms with E-state index in [2.05, 4.69) is 4.90 Å². The number of carbonyl (C=O) groups is 1. The summed E-state index contributed by atoms with van der Waals surface area (Å²) in [4.78, 5) is 13.1. The van der Waals surface area contributed by atoms with Crippen LogP contribution in [-0.2, 0) is 11.3 Å². The number of benzene rings is 1. The molecule has 0 bridgehead atoms. The number of hydrogen-bond acceptors (Lipinski definition) is 3. The molecule has 104 valence electrons. The van der Waals surface area contributed by atoms with Gasteiger partial charge in [-0.15, -0.1) is 0 Å². The summed E-state index contributed by atoms with van der Waals surface area (Å²) in [5, 5.41) is 0. The largest absolute Gasteiger partial charge is 0.396 e. The lowest BCUT2D eigenvalue weighted by Gasteiger charge is -2.31. The minimum Gasteiger partial charge on any atom is -0.396 e. The Labute approximate surface area is 112 Å². The second-order valence-electron chi connectivity index (χ2n) is 5.25. The number of piperidine rings is 1.